The second-order valence-electron chi connectivity index (χ2n) is 15.1. The molecule has 2 aromatic rings. The molecule has 0 aromatic heterocycles. The van der Waals surface area contributed by atoms with Crippen molar-refractivity contribution < 1.29 is 29.6 Å². The fraction of sp³-hybridized carbons (Fsp3) is 0.610. The first-order chi connectivity index (χ1) is 23.3. The van der Waals surface area contributed by atoms with Crippen LogP contribution in [-0.4, -0.2) is 59.3 Å². The summed E-state index contributed by atoms with van der Waals surface area (Å²) in [7, 11) is 1.52. The van der Waals surface area contributed by atoms with Gasteiger partial charge in [-0.1, -0.05) is 48.6 Å². The van der Waals surface area contributed by atoms with Crippen LogP contribution in [0.2, 0.25) is 0 Å². The van der Waals surface area contributed by atoms with Crippen LogP contribution in [-0.2, 0) is 22.4 Å². The number of ketones is 2. The van der Waals surface area contributed by atoms with Crippen molar-refractivity contribution in [3.63, 3.8) is 0 Å². The smallest absolute Gasteiger partial charge is 0.160 e. The molecule has 3 aliphatic carbocycles. The average Bonchev–Trinajstić information content (AvgIpc) is 3.15. The molecule has 1 heterocycles. The zero-order valence-corrected chi connectivity index (χ0v) is 28.5. The minimum atomic E-state index is -1.11. The number of rotatable bonds is 10. The number of methoxy groups -OCH3 is 1. The van der Waals surface area contributed by atoms with Gasteiger partial charge in [0.1, 0.15) is 11.2 Å². The Hall–Kier alpha value is -3.18. The molecular formula is C41H53NO6. The predicted octanol–water partition coefficient (Wildman–Crippen LogP) is 5.91. The lowest BCUT2D eigenvalue weighted by Crippen LogP contribution is -2.49. The fourth-order valence-corrected chi connectivity index (χ4v) is 9.20. The van der Waals surface area contributed by atoms with Gasteiger partial charge in [0.05, 0.1) is 13.2 Å². The molecule has 0 amide bonds. The number of ether oxygens (including phenoxy) is 1. The summed E-state index contributed by atoms with van der Waals surface area (Å²) in [6.07, 6.45) is 9.73. The topological polar surface area (TPSA) is 116 Å². The Morgan fingerprint density at radius 2 is 1.83 bits per heavy atom. The minimum Gasteiger partial charge on any atom is -0.504 e. The molecule has 48 heavy (non-hydrogen) atoms. The molecule has 1 spiro atoms. The van der Waals surface area contributed by atoms with Gasteiger partial charge in [-0.15, -0.1) is 0 Å². The summed E-state index contributed by atoms with van der Waals surface area (Å²) in [6.45, 7) is 0.971. The maximum atomic E-state index is 14.1. The van der Waals surface area contributed by atoms with Gasteiger partial charge in [0.15, 0.2) is 17.3 Å². The number of phenols is 1. The number of aromatic hydroxyl groups is 1. The molecule has 7 heteroatoms. The number of piperidine rings is 1. The van der Waals surface area contributed by atoms with Gasteiger partial charge in [-0.25, -0.2) is 0 Å². The zero-order chi connectivity index (χ0) is 33.7. The first-order valence-corrected chi connectivity index (χ1v) is 18.3. The number of hydrogen-bond donors (Lipinski definition) is 4. The largest absolute Gasteiger partial charge is 0.504 e. The van der Waals surface area contributed by atoms with E-state index in [-0.39, 0.29) is 36.4 Å². The minimum absolute atomic E-state index is 0.00282. The van der Waals surface area contributed by atoms with Gasteiger partial charge in [0.2, 0.25) is 0 Å². The van der Waals surface area contributed by atoms with E-state index >= 15 is 0 Å². The van der Waals surface area contributed by atoms with E-state index in [1.165, 1.54) is 19.1 Å². The second kappa shape index (κ2) is 15.6. The maximum absolute atomic E-state index is 14.1. The Kier molecular flexibility index (Phi) is 11.3. The number of fused-ring (bicyclic) bond motifs is 2. The van der Waals surface area contributed by atoms with E-state index < -0.39 is 11.5 Å². The van der Waals surface area contributed by atoms with Crippen molar-refractivity contribution >= 4 is 11.6 Å². The molecule has 8 atom stereocenters. The van der Waals surface area contributed by atoms with Gasteiger partial charge in [-0.3, -0.25) is 9.59 Å². The highest BCUT2D eigenvalue weighted by Gasteiger charge is 2.48. The molecular weight excluding hydrogens is 602 g/mol. The van der Waals surface area contributed by atoms with Crippen molar-refractivity contribution in [3.8, 4) is 23.3 Å². The highest BCUT2D eigenvalue weighted by atomic mass is 16.5. The average molecular weight is 656 g/mol. The van der Waals surface area contributed by atoms with Crippen molar-refractivity contribution in [2.45, 2.75) is 108 Å². The molecule has 2 saturated carbocycles. The summed E-state index contributed by atoms with van der Waals surface area (Å²) in [5.74, 6) is 8.94. The predicted molar refractivity (Wildman–Crippen MR) is 186 cm³/mol. The number of Topliss-reactive ketones (excluding diaryl/α,β-unsaturated/α-hetero) is 2. The molecule has 3 fully saturated rings. The van der Waals surface area contributed by atoms with E-state index in [9.17, 15) is 24.9 Å². The zero-order valence-electron chi connectivity index (χ0n) is 28.5. The first-order valence-electron chi connectivity index (χ1n) is 18.3. The first kappa shape index (κ1) is 34.7. The number of carbonyl (C=O) groups excluding carboxylic acids is 2. The lowest BCUT2D eigenvalue weighted by molar-refractivity contribution is -0.134. The van der Waals surface area contributed by atoms with E-state index in [2.05, 4.69) is 29.3 Å². The van der Waals surface area contributed by atoms with Crippen LogP contribution in [0.1, 0.15) is 99.7 Å². The third kappa shape index (κ3) is 7.67. The fourth-order valence-electron chi connectivity index (χ4n) is 9.20. The summed E-state index contributed by atoms with van der Waals surface area (Å²) in [5, 5.41) is 36.5. The van der Waals surface area contributed by atoms with Crippen molar-refractivity contribution in [3.05, 3.63) is 59.2 Å². The van der Waals surface area contributed by atoms with E-state index in [4.69, 9.17) is 4.74 Å². The summed E-state index contributed by atoms with van der Waals surface area (Å²) >= 11 is 0. The Morgan fingerprint density at radius 1 is 1.02 bits per heavy atom. The van der Waals surface area contributed by atoms with Gasteiger partial charge < -0.3 is 25.4 Å². The number of carbonyl (C=O) groups is 2. The van der Waals surface area contributed by atoms with Crippen LogP contribution in [0.25, 0.3) is 0 Å². The normalized spacial score (nSPS) is 31.0. The van der Waals surface area contributed by atoms with Gasteiger partial charge in [0.25, 0.3) is 0 Å². The highest BCUT2D eigenvalue weighted by molar-refractivity contribution is 5.89. The third-order valence-electron chi connectivity index (χ3n) is 12.1. The Morgan fingerprint density at radius 3 is 2.60 bits per heavy atom. The van der Waals surface area contributed by atoms with Crippen LogP contribution >= 0.6 is 0 Å². The number of hydrogen-bond acceptors (Lipinski definition) is 7. The van der Waals surface area contributed by atoms with Gasteiger partial charge in [-0.05, 0) is 123 Å². The van der Waals surface area contributed by atoms with Crippen molar-refractivity contribution in [1.82, 2.24) is 5.32 Å². The summed E-state index contributed by atoms with van der Waals surface area (Å²) in [5.41, 5.74) is 1.91. The van der Waals surface area contributed by atoms with Crippen molar-refractivity contribution in [2.75, 3.05) is 20.3 Å². The van der Waals surface area contributed by atoms with Gasteiger partial charge >= 0.3 is 0 Å². The Bertz CT molecular complexity index is 1500. The molecule has 0 radical (unpaired) electrons. The van der Waals surface area contributed by atoms with E-state index in [1.54, 1.807) is 6.07 Å². The van der Waals surface area contributed by atoms with E-state index in [1.807, 2.05) is 24.3 Å². The van der Waals surface area contributed by atoms with Gasteiger partial charge in [-0.2, -0.15) is 0 Å². The van der Waals surface area contributed by atoms with Crippen LogP contribution in [0.3, 0.4) is 0 Å². The molecule has 1 saturated heterocycles. The van der Waals surface area contributed by atoms with Crippen molar-refractivity contribution in [1.29, 1.82) is 0 Å². The standard InChI is InChI=1S/C41H53NO6/c1-48-38-23-31-12-14-39(46)41(18-15-28(22-40(41)47)7-8-29-21-32-11-13-33(44)24-36(32)42-26-29)19-16-34(35(31)25-37(38)45)30(17-20-43)10-9-27-5-3-2-4-6-27/h2-6,23,25,28-30,32,34,36,40,42-43,45,47H,7-15,17-18,20-22,24,26H2,1H3/t28-,29-,30-,32+,34+,36+,40+,41+/m0/s1. The van der Waals surface area contributed by atoms with Crippen LogP contribution in [0.5, 0.6) is 11.5 Å². The SMILES string of the molecule is COc1cc2c(cc1O)[C@@H]([C@H](CCO)CCc1ccccc1)C#C[C@]1(CC[C@H](CC[C@@H]3CN[C@@H]4CC(=O)CC[C@@H]4C3)C[C@H]1O)C(=O)CC2. The molecule has 258 valence electrons. The maximum Gasteiger partial charge on any atom is 0.160 e. The molecule has 4 aliphatic rings. The molecule has 2 aromatic carbocycles. The third-order valence-corrected chi connectivity index (χ3v) is 12.1. The molecule has 7 nitrogen and oxygen atoms in total. The number of aryl methyl sites for hydroxylation is 2. The van der Waals surface area contributed by atoms with Crippen molar-refractivity contribution in [2.24, 2.45) is 29.1 Å². The number of aliphatic hydroxyl groups is 2. The number of aliphatic hydroxyl groups excluding tert-OH is 2. The molecule has 4 N–H and O–H groups in total. The monoisotopic (exact) mass is 655 g/mol. The number of phenolic OH excluding ortho intramolecular Hbond substituents is 1. The van der Waals surface area contributed by atoms with E-state index in [0.29, 0.717) is 67.4 Å². The quantitative estimate of drug-likeness (QED) is 0.235. The summed E-state index contributed by atoms with van der Waals surface area (Å²) in [4.78, 5) is 26.0. The van der Waals surface area contributed by atoms with E-state index in [0.717, 1.165) is 62.6 Å². The second-order valence-corrected chi connectivity index (χ2v) is 15.1. The van der Waals surface area contributed by atoms with Crippen LogP contribution in [0.15, 0.2) is 42.5 Å². The Balaban J connectivity index is 1.21. The lowest BCUT2D eigenvalue weighted by Gasteiger charge is -2.42. The number of nitrogens with one attached hydrogen (secondary N) is 1. The molecule has 1 aliphatic heterocycles. The highest BCUT2D eigenvalue weighted by Crippen LogP contribution is 2.46. The van der Waals surface area contributed by atoms with Crippen LogP contribution < -0.4 is 10.1 Å². The number of benzene rings is 2. The Labute approximate surface area is 285 Å². The van der Waals surface area contributed by atoms with Crippen LogP contribution in [0.4, 0.5) is 0 Å². The van der Waals surface area contributed by atoms with Gasteiger partial charge in [0, 0.05) is 37.8 Å². The molecule has 0 bridgehead atoms. The molecule has 0 unspecified atom stereocenters. The molecule has 6 rings (SSSR count). The lowest BCUT2D eigenvalue weighted by atomic mass is 9.64. The summed E-state index contributed by atoms with van der Waals surface area (Å²) < 4.78 is 5.46. The van der Waals surface area contributed by atoms with Crippen LogP contribution in [0, 0.1) is 40.9 Å². The summed E-state index contributed by atoms with van der Waals surface area (Å²) in [6, 6.07) is 14.2.